The summed E-state index contributed by atoms with van der Waals surface area (Å²) in [6.07, 6.45) is 1.99. The predicted octanol–water partition coefficient (Wildman–Crippen LogP) is 2.76. The summed E-state index contributed by atoms with van der Waals surface area (Å²) in [5.41, 5.74) is 0.956. The molecule has 0 saturated heterocycles. The third-order valence-electron chi connectivity index (χ3n) is 1.95. The van der Waals surface area contributed by atoms with Crippen molar-refractivity contribution in [3.05, 3.63) is 23.7 Å². The van der Waals surface area contributed by atoms with Gasteiger partial charge in [0.1, 0.15) is 5.69 Å². The van der Waals surface area contributed by atoms with E-state index in [4.69, 9.17) is 0 Å². The third-order valence-corrected chi connectivity index (χ3v) is 2.85. The van der Waals surface area contributed by atoms with Gasteiger partial charge < -0.3 is 0 Å². The van der Waals surface area contributed by atoms with E-state index in [1.165, 1.54) is 4.88 Å². The maximum atomic E-state index is 4.15. The lowest BCUT2D eigenvalue weighted by atomic mass is 10.1. The van der Waals surface area contributed by atoms with Crippen LogP contribution < -0.4 is 0 Å². The Hall–Kier alpha value is -1.16. The average molecular weight is 207 g/mol. The van der Waals surface area contributed by atoms with Crippen LogP contribution in [0.1, 0.15) is 20.8 Å². The van der Waals surface area contributed by atoms with Gasteiger partial charge in [-0.25, -0.2) is 4.68 Å². The monoisotopic (exact) mass is 207 g/mol. The fraction of sp³-hybridized carbons (Fsp3) is 0.400. The van der Waals surface area contributed by atoms with Crippen molar-refractivity contribution in [2.75, 3.05) is 0 Å². The highest BCUT2D eigenvalue weighted by atomic mass is 32.1. The van der Waals surface area contributed by atoms with Gasteiger partial charge in [0.15, 0.2) is 0 Å². The Morgan fingerprint density at radius 2 is 2.14 bits per heavy atom. The van der Waals surface area contributed by atoms with Crippen LogP contribution in [0, 0.1) is 0 Å². The molecule has 2 rings (SSSR count). The minimum atomic E-state index is 0.00249. The number of thiophene rings is 1. The van der Waals surface area contributed by atoms with E-state index in [9.17, 15) is 0 Å². The van der Waals surface area contributed by atoms with Gasteiger partial charge in [0.2, 0.25) is 0 Å². The van der Waals surface area contributed by atoms with E-state index in [0.717, 1.165) is 5.69 Å². The van der Waals surface area contributed by atoms with Crippen LogP contribution in [0.15, 0.2) is 23.7 Å². The van der Waals surface area contributed by atoms with Crippen molar-refractivity contribution in [2.24, 2.45) is 0 Å². The van der Waals surface area contributed by atoms with E-state index in [1.54, 1.807) is 11.3 Å². The van der Waals surface area contributed by atoms with Gasteiger partial charge in [-0.2, -0.15) is 0 Å². The van der Waals surface area contributed by atoms with E-state index in [0.29, 0.717) is 0 Å². The van der Waals surface area contributed by atoms with Gasteiger partial charge in [-0.1, -0.05) is 11.3 Å². The molecule has 0 aliphatic rings. The van der Waals surface area contributed by atoms with Crippen molar-refractivity contribution in [1.29, 1.82) is 0 Å². The molecule has 14 heavy (non-hydrogen) atoms. The predicted molar refractivity (Wildman–Crippen MR) is 58.3 cm³/mol. The van der Waals surface area contributed by atoms with Crippen molar-refractivity contribution >= 4 is 11.3 Å². The molecule has 3 nitrogen and oxygen atoms in total. The van der Waals surface area contributed by atoms with Crippen LogP contribution in [0.2, 0.25) is 0 Å². The maximum Gasteiger partial charge on any atom is 0.123 e. The van der Waals surface area contributed by atoms with Gasteiger partial charge in [0.05, 0.1) is 16.6 Å². The summed E-state index contributed by atoms with van der Waals surface area (Å²) in [7, 11) is 0. The van der Waals surface area contributed by atoms with Gasteiger partial charge in [-0.05, 0) is 32.2 Å². The first kappa shape index (κ1) is 9.40. The van der Waals surface area contributed by atoms with Gasteiger partial charge in [-0.3, -0.25) is 0 Å². The molecule has 2 aromatic heterocycles. The van der Waals surface area contributed by atoms with Crippen molar-refractivity contribution in [1.82, 2.24) is 15.0 Å². The van der Waals surface area contributed by atoms with E-state index < -0.39 is 0 Å². The molecule has 0 aliphatic carbocycles. The minimum absolute atomic E-state index is 0.00249. The Balaban J connectivity index is 2.36. The Morgan fingerprint density at radius 3 is 2.64 bits per heavy atom. The van der Waals surface area contributed by atoms with E-state index in [1.807, 2.05) is 22.3 Å². The Morgan fingerprint density at radius 1 is 1.36 bits per heavy atom. The first-order valence-corrected chi connectivity index (χ1v) is 5.42. The van der Waals surface area contributed by atoms with Crippen molar-refractivity contribution in [2.45, 2.75) is 26.3 Å². The lowest BCUT2D eigenvalue weighted by Gasteiger charge is -2.17. The molecule has 0 spiro atoms. The highest BCUT2D eigenvalue weighted by Gasteiger charge is 2.15. The molecule has 0 radical (unpaired) electrons. The van der Waals surface area contributed by atoms with Crippen molar-refractivity contribution in [3.8, 4) is 10.6 Å². The van der Waals surface area contributed by atoms with Gasteiger partial charge >= 0.3 is 0 Å². The molecule has 0 N–H and O–H groups in total. The normalized spacial score (nSPS) is 11.9. The molecular weight excluding hydrogens is 194 g/mol. The van der Waals surface area contributed by atoms with Gasteiger partial charge in [-0.15, -0.1) is 16.4 Å². The standard InChI is InChI=1S/C10H13N3S/c1-10(2,3)13-7-8(11-12-13)9-5-4-6-14-9/h4-7H,1-3H3. The number of rotatable bonds is 1. The van der Waals surface area contributed by atoms with Crippen LogP contribution in [0.25, 0.3) is 10.6 Å². The molecule has 4 heteroatoms. The molecule has 0 atom stereocenters. The molecule has 2 heterocycles. The second-order valence-corrected chi connectivity index (χ2v) is 5.14. The fourth-order valence-electron chi connectivity index (χ4n) is 1.13. The SMILES string of the molecule is CC(C)(C)n1cc(-c2cccs2)nn1. The zero-order valence-electron chi connectivity index (χ0n) is 8.56. The van der Waals surface area contributed by atoms with Crippen LogP contribution in [0.4, 0.5) is 0 Å². The van der Waals surface area contributed by atoms with E-state index in [2.05, 4.69) is 37.1 Å². The summed E-state index contributed by atoms with van der Waals surface area (Å²) in [4.78, 5) is 1.17. The highest BCUT2D eigenvalue weighted by molar-refractivity contribution is 7.13. The summed E-state index contributed by atoms with van der Waals surface area (Å²) >= 11 is 1.68. The quantitative estimate of drug-likeness (QED) is 0.720. The smallest absolute Gasteiger partial charge is 0.123 e. The van der Waals surface area contributed by atoms with Crippen LogP contribution in [0.5, 0.6) is 0 Å². The fourth-order valence-corrected chi connectivity index (χ4v) is 1.80. The summed E-state index contributed by atoms with van der Waals surface area (Å²) in [5, 5.41) is 10.3. The van der Waals surface area contributed by atoms with Crippen LogP contribution in [-0.4, -0.2) is 15.0 Å². The number of nitrogens with zero attached hydrogens (tertiary/aromatic N) is 3. The highest BCUT2D eigenvalue weighted by Crippen LogP contribution is 2.23. The Labute approximate surface area is 87.4 Å². The molecule has 0 aromatic carbocycles. The number of hydrogen-bond donors (Lipinski definition) is 0. The van der Waals surface area contributed by atoms with Crippen molar-refractivity contribution < 1.29 is 0 Å². The van der Waals surface area contributed by atoms with Gasteiger partial charge in [0.25, 0.3) is 0 Å². The summed E-state index contributed by atoms with van der Waals surface area (Å²) in [6, 6.07) is 4.08. The van der Waals surface area contributed by atoms with Crippen molar-refractivity contribution in [3.63, 3.8) is 0 Å². The second-order valence-electron chi connectivity index (χ2n) is 4.20. The average Bonchev–Trinajstić information content (AvgIpc) is 2.73. The van der Waals surface area contributed by atoms with Crippen LogP contribution in [0.3, 0.4) is 0 Å². The van der Waals surface area contributed by atoms with Crippen LogP contribution in [-0.2, 0) is 5.54 Å². The third kappa shape index (κ3) is 1.70. The molecule has 0 unspecified atom stereocenters. The zero-order valence-corrected chi connectivity index (χ0v) is 9.38. The lowest BCUT2D eigenvalue weighted by Crippen LogP contribution is -2.22. The molecule has 0 aliphatic heterocycles. The summed E-state index contributed by atoms with van der Waals surface area (Å²) in [5.74, 6) is 0. The largest absolute Gasteiger partial charge is 0.247 e. The molecule has 0 amide bonds. The number of aromatic nitrogens is 3. The first-order chi connectivity index (χ1) is 6.57. The van der Waals surface area contributed by atoms with Crippen LogP contribution >= 0.6 is 11.3 Å². The number of hydrogen-bond acceptors (Lipinski definition) is 3. The Kier molecular flexibility index (Phi) is 2.15. The zero-order chi connectivity index (χ0) is 10.2. The minimum Gasteiger partial charge on any atom is -0.247 e. The molecule has 0 fully saturated rings. The van der Waals surface area contributed by atoms with Gasteiger partial charge in [0, 0.05) is 0 Å². The summed E-state index contributed by atoms with van der Waals surface area (Å²) in [6.45, 7) is 6.33. The maximum absolute atomic E-state index is 4.15. The summed E-state index contributed by atoms with van der Waals surface area (Å²) < 4.78 is 1.89. The van der Waals surface area contributed by atoms with E-state index in [-0.39, 0.29) is 5.54 Å². The van der Waals surface area contributed by atoms with E-state index >= 15 is 0 Å². The first-order valence-electron chi connectivity index (χ1n) is 4.54. The molecular formula is C10H13N3S. The second kappa shape index (κ2) is 3.20. The lowest BCUT2D eigenvalue weighted by molar-refractivity contribution is 0.347. The molecule has 2 aromatic rings. The topological polar surface area (TPSA) is 30.7 Å². The molecule has 0 bridgehead atoms. The molecule has 74 valence electrons. The Bertz CT molecular complexity index is 409. The molecule has 0 saturated carbocycles.